The van der Waals surface area contributed by atoms with Crippen LogP contribution in [0.25, 0.3) is 0 Å². The molecule has 1 atom stereocenters. The van der Waals surface area contributed by atoms with Crippen molar-refractivity contribution in [2.45, 2.75) is 31.7 Å². The standard InChI is InChI=1S/C15H17NO/c1-15-10-6-2-3-7-11-16(15)14(17)12-8-4-5-9-13(12)15/h2,4-6,8-9H,3,7,10-11H2,1H3/b6-2-. The zero-order valence-corrected chi connectivity index (χ0v) is 10.1. The molecule has 0 saturated heterocycles. The number of nitrogens with zero attached hydrogens (tertiary/aromatic N) is 1. The Morgan fingerprint density at radius 2 is 2.06 bits per heavy atom. The summed E-state index contributed by atoms with van der Waals surface area (Å²) in [6.07, 6.45) is 7.54. The Morgan fingerprint density at radius 3 is 2.94 bits per heavy atom. The van der Waals surface area contributed by atoms with Crippen LogP contribution >= 0.6 is 0 Å². The quantitative estimate of drug-likeness (QED) is 0.624. The van der Waals surface area contributed by atoms with Gasteiger partial charge in [0.1, 0.15) is 0 Å². The summed E-state index contributed by atoms with van der Waals surface area (Å²) >= 11 is 0. The summed E-state index contributed by atoms with van der Waals surface area (Å²) in [6.45, 7) is 3.06. The summed E-state index contributed by atoms with van der Waals surface area (Å²) in [7, 11) is 0. The lowest BCUT2D eigenvalue weighted by atomic mass is 9.87. The third kappa shape index (κ3) is 1.43. The van der Waals surface area contributed by atoms with E-state index in [0.717, 1.165) is 31.4 Å². The molecule has 2 aliphatic rings. The molecule has 3 rings (SSSR count). The Morgan fingerprint density at radius 1 is 1.24 bits per heavy atom. The van der Waals surface area contributed by atoms with E-state index in [1.165, 1.54) is 5.56 Å². The second kappa shape index (κ2) is 3.73. The first-order valence-corrected chi connectivity index (χ1v) is 6.30. The lowest BCUT2D eigenvalue weighted by Crippen LogP contribution is -2.42. The first-order chi connectivity index (χ1) is 8.23. The van der Waals surface area contributed by atoms with E-state index in [2.05, 4.69) is 30.0 Å². The van der Waals surface area contributed by atoms with Crippen molar-refractivity contribution in [2.75, 3.05) is 6.54 Å². The van der Waals surface area contributed by atoms with E-state index < -0.39 is 0 Å². The predicted molar refractivity (Wildman–Crippen MR) is 67.8 cm³/mol. The van der Waals surface area contributed by atoms with Crippen LogP contribution in [0.15, 0.2) is 36.4 Å². The highest BCUT2D eigenvalue weighted by Crippen LogP contribution is 2.42. The fourth-order valence-electron chi connectivity index (χ4n) is 3.02. The van der Waals surface area contributed by atoms with Crippen molar-refractivity contribution in [3.8, 4) is 0 Å². The maximum atomic E-state index is 12.4. The summed E-state index contributed by atoms with van der Waals surface area (Å²) in [5.74, 6) is 0.207. The minimum absolute atomic E-state index is 0.134. The number of carbonyl (C=O) groups excluding carboxylic acids is 1. The van der Waals surface area contributed by atoms with Crippen LogP contribution in [0, 0.1) is 0 Å². The van der Waals surface area contributed by atoms with Crippen molar-refractivity contribution in [1.29, 1.82) is 0 Å². The molecule has 0 radical (unpaired) electrons. The highest BCUT2D eigenvalue weighted by Gasteiger charge is 2.44. The molecule has 2 heteroatoms. The van der Waals surface area contributed by atoms with Crippen molar-refractivity contribution < 1.29 is 4.79 Å². The van der Waals surface area contributed by atoms with Crippen LogP contribution in [-0.4, -0.2) is 17.4 Å². The molecule has 2 heterocycles. The first-order valence-electron chi connectivity index (χ1n) is 6.30. The van der Waals surface area contributed by atoms with E-state index >= 15 is 0 Å². The number of benzene rings is 1. The summed E-state index contributed by atoms with van der Waals surface area (Å²) in [5, 5.41) is 0. The van der Waals surface area contributed by atoms with Gasteiger partial charge in [0.2, 0.25) is 0 Å². The van der Waals surface area contributed by atoms with E-state index in [0.29, 0.717) is 0 Å². The number of fused-ring (bicyclic) bond motifs is 3. The van der Waals surface area contributed by atoms with Crippen molar-refractivity contribution in [2.24, 2.45) is 0 Å². The maximum absolute atomic E-state index is 12.4. The lowest BCUT2D eigenvalue weighted by molar-refractivity contribution is 0.0581. The predicted octanol–water partition coefficient (Wildman–Crippen LogP) is 3.10. The first kappa shape index (κ1) is 10.6. The van der Waals surface area contributed by atoms with Crippen LogP contribution in [0.5, 0.6) is 0 Å². The van der Waals surface area contributed by atoms with Crippen LogP contribution in [0.1, 0.15) is 42.1 Å². The minimum Gasteiger partial charge on any atom is -0.329 e. The number of rotatable bonds is 0. The van der Waals surface area contributed by atoms with Gasteiger partial charge >= 0.3 is 0 Å². The molecule has 1 amide bonds. The molecule has 2 aliphatic heterocycles. The van der Waals surface area contributed by atoms with Crippen molar-refractivity contribution in [3.05, 3.63) is 47.5 Å². The number of allylic oxidation sites excluding steroid dienone is 1. The third-order valence-corrected chi connectivity index (χ3v) is 4.01. The number of amides is 1. The van der Waals surface area contributed by atoms with Crippen molar-refractivity contribution in [1.82, 2.24) is 4.90 Å². The molecule has 88 valence electrons. The largest absolute Gasteiger partial charge is 0.329 e. The molecule has 1 unspecified atom stereocenters. The Balaban J connectivity index is 2.14. The molecule has 0 spiro atoms. The van der Waals surface area contributed by atoms with Gasteiger partial charge in [-0.15, -0.1) is 0 Å². The van der Waals surface area contributed by atoms with Crippen LogP contribution in [0.4, 0.5) is 0 Å². The van der Waals surface area contributed by atoms with E-state index in [9.17, 15) is 4.79 Å². The van der Waals surface area contributed by atoms with Gasteiger partial charge in [-0.05, 0) is 37.8 Å². The number of hydrogen-bond acceptors (Lipinski definition) is 1. The third-order valence-electron chi connectivity index (χ3n) is 4.01. The fraction of sp³-hybridized carbons (Fsp3) is 0.400. The summed E-state index contributed by atoms with van der Waals surface area (Å²) in [5.41, 5.74) is 1.95. The van der Waals surface area contributed by atoms with Gasteiger partial charge in [0.15, 0.2) is 0 Å². The average molecular weight is 227 g/mol. The number of hydrogen-bond donors (Lipinski definition) is 0. The van der Waals surface area contributed by atoms with Gasteiger partial charge < -0.3 is 4.90 Å². The van der Waals surface area contributed by atoms with Gasteiger partial charge in [-0.1, -0.05) is 30.4 Å². The van der Waals surface area contributed by atoms with E-state index in [1.54, 1.807) is 0 Å². The van der Waals surface area contributed by atoms with Crippen LogP contribution in [-0.2, 0) is 5.54 Å². The summed E-state index contributed by atoms with van der Waals surface area (Å²) in [4.78, 5) is 14.5. The van der Waals surface area contributed by atoms with E-state index in [-0.39, 0.29) is 11.4 Å². The second-order valence-corrected chi connectivity index (χ2v) is 5.09. The lowest BCUT2D eigenvalue weighted by Gasteiger charge is -2.36. The number of carbonyl (C=O) groups is 1. The highest BCUT2D eigenvalue weighted by molar-refractivity contribution is 6.00. The highest BCUT2D eigenvalue weighted by atomic mass is 16.2. The van der Waals surface area contributed by atoms with Gasteiger partial charge in [-0.25, -0.2) is 0 Å². The summed E-state index contributed by atoms with van der Waals surface area (Å²) in [6, 6.07) is 8.04. The van der Waals surface area contributed by atoms with E-state index in [1.807, 2.05) is 18.2 Å². The van der Waals surface area contributed by atoms with Crippen LogP contribution in [0.2, 0.25) is 0 Å². The maximum Gasteiger partial charge on any atom is 0.254 e. The van der Waals surface area contributed by atoms with Gasteiger partial charge in [0, 0.05) is 12.1 Å². The summed E-state index contributed by atoms with van der Waals surface area (Å²) < 4.78 is 0. The topological polar surface area (TPSA) is 20.3 Å². The molecule has 1 aromatic rings. The van der Waals surface area contributed by atoms with Crippen molar-refractivity contribution in [3.63, 3.8) is 0 Å². The Hall–Kier alpha value is -1.57. The molecule has 0 bridgehead atoms. The molecule has 0 fully saturated rings. The Bertz CT molecular complexity index is 491. The zero-order valence-electron chi connectivity index (χ0n) is 10.1. The SMILES string of the molecule is CC12C/C=C\CCCN1C(=O)c1ccccc12. The molecule has 0 saturated carbocycles. The monoisotopic (exact) mass is 227 g/mol. The molecule has 0 N–H and O–H groups in total. The zero-order chi connectivity index (χ0) is 11.9. The minimum atomic E-state index is -0.134. The molecular formula is C15H17NO. The second-order valence-electron chi connectivity index (χ2n) is 5.09. The average Bonchev–Trinajstić information content (AvgIpc) is 2.52. The van der Waals surface area contributed by atoms with Gasteiger partial charge in [0.25, 0.3) is 5.91 Å². The smallest absolute Gasteiger partial charge is 0.254 e. The van der Waals surface area contributed by atoms with Crippen LogP contribution in [0.3, 0.4) is 0 Å². The normalized spacial score (nSPS) is 29.2. The Kier molecular flexibility index (Phi) is 2.32. The van der Waals surface area contributed by atoms with Gasteiger partial charge in [0.05, 0.1) is 5.54 Å². The molecule has 0 aliphatic carbocycles. The van der Waals surface area contributed by atoms with E-state index in [4.69, 9.17) is 0 Å². The molecule has 1 aromatic carbocycles. The molecule has 0 aromatic heterocycles. The van der Waals surface area contributed by atoms with Gasteiger partial charge in [-0.2, -0.15) is 0 Å². The van der Waals surface area contributed by atoms with Gasteiger partial charge in [-0.3, -0.25) is 4.79 Å². The Labute approximate surface area is 102 Å². The molecule has 2 nitrogen and oxygen atoms in total. The molecular weight excluding hydrogens is 210 g/mol. The molecule has 17 heavy (non-hydrogen) atoms. The van der Waals surface area contributed by atoms with Crippen LogP contribution < -0.4 is 0 Å². The van der Waals surface area contributed by atoms with Crippen molar-refractivity contribution >= 4 is 5.91 Å². The fourth-order valence-corrected chi connectivity index (χ4v) is 3.02.